The number of nitrogens with two attached hydrogens (primary N) is 1. The van der Waals surface area contributed by atoms with Crippen molar-refractivity contribution in [2.45, 2.75) is 60.4 Å². The number of carbonyl (C=O) groups is 3. The molecule has 3 N–H and O–H groups in total. The molecule has 7 heteroatoms. The Morgan fingerprint density at radius 1 is 0.788 bits per heavy atom. The molecule has 0 saturated carbocycles. The fourth-order valence-electron chi connectivity index (χ4n) is 3.48. The average molecular weight is 491 g/mol. The van der Waals surface area contributed by atoms with Gasteiger partial charge in [-0.2, -0.15) is 0 Å². The van der Waals surface area contributed by atoms with Crippen LogP contribution in [0.5, 0.6) is 0 Å². The minimum Gasteiger partial charge on any atom is -0.352 e. The van der Waals surface area contributed by atoms with Gasteiger partial charge in [-0.15, -0.1) is 0 Å². The summed E-state index contributed by atoms with van der Waals surface area (Å²) in [5.41, 5.74) is 6.99. The summed E-state index contributed by atoms with van der Waals surface area (Å²) in [5, 5.41) is 3.63. The monoisotopic (exact) mass is 490 g/mol. The van der Waals surface area contributed by atoms with Crippen LogP contribution in [0.2, 0.25) is 10.0 Å². The predicted octanol–water partition coefficient (Wildman–Crippen LogP) is 6.27. The first-order chi connectivity index (χ1) is 15.1. The molecule has 0 radical (unpaired) electrons. The van der Waals surface area contributed by atoms with Crippen LogP contribution in [0.1, 0.15) is 73.4 Å². The average Bonchev–Trinajstić information content (AvgIpc) is 2.67. The molecule has 0 aliphatic heterocycles. The predicted molar refractivity (Wildman–Crippen MR) is 134 cm³/mol. The second kappa shape index (κ2) is 10.3. The number of benzene rings is 2. The lowest BCUT2D eigenvalue weighted by atomic mass is 9.85. The molecule has 5 nitrogen and oxygen atoms in total. The maximum atomic E-state index is 12.5. The van der Waals surface area contributed by atoms with Crippen molar-refractivity contribution in [3.63, 3.8) is 0 Å². The molecule has 0 aliphatic carbocycles. The number of primary amides is 1. The molecular formula is C26H32Cl2N2O3. The second-order valence-corrected chi connectivity index (χ2v) is 11.2. The van der Waals surface area contributed by atoms with Gasteiger partial charge in [-0.25, -0.2) is 4.79 Å². The SMILES string of the molecule is CC(C)(C)C(=O)c1ccc(CC(Cc2ccc(C(=O)C(C)(C)C)cc2Cl)NC(N)=O)c(Cl)c1. The summed E-state index contributed by atoms with van der Waals surface area (Å²) in [6, 6.07) is 9.36. The first kappa shape index (κ1) is 26.9. The van der Waals surface area contributed by atoms with Crippen LogP contribution < -0.4 is 11.1 Å². The van der Waals surface area contributed by atoms with E-state index in [9.17, 15) is 14.4 Å². The highest BCUT2D eigenvalue weighted by atomic mass is 35.5. The maximum Gasteiger partial charge on any atom is 0.312 e. The zero-order valence-corrected chi connectivity index (χ0v) is 21.5. The Labute approximate surface area is 206 Å². The molecule has 0 saturated heterocycles. The highest BCUT2D eigenvalue weighted by molar-refractivity contribution is 6.32. The quantitative estimate of drug-likeness (QED) is 0.447. The molecule has 0 aliphatic rings. The van der Waals surface area contributed by atoms with Gasteiger partial charge in [-0.05, 0) is 36.1 Å². The van der Waals surface area contributed by atoms with E-state index in [4.69, 9.17) is 28.9 Å². The molecule has 0 bridgehead atoms. The summed E-state index contributed by atoms with van der Waals surface area (Å²) in [6.45, 7) is 11.1. The van der Waals surface area contributed by atoms with Crippen molar-refractivity contribution in [3.8, 4) is 0 Å². The third kappa shape index (κ3) is 7.31. The number of rotatable bonds is 7. The summed E-state index contributed by atoms with van der Waals surface area (Å²) in [6.07, 6.45) is 0.787. The molecule has 178 valence electrons. The van der Waals surface area contributed by atoms with E-state index in [2.05, 4.69) is 5.32 Å². The molecule has 0 aromatic heterocycles. The minimum atomic E-state index is -0.661. The Balaban J connectivity index is 2.27. The number of Topliss-reactive ketones (excluding diaryl/α,β-unsaturated/α-hetero) is 2. The summed E-state index contributed by atoms with van der Waals surface area (Å²) in [7, 11) is 0. The number of hydrogen-bond acceptors (Lipinski definition) is 3. The molecule has 0 unspecified atom stereocenters. The van der Waals surface area contributed by atoms with Gasteiger partial charge in [-0.1, -0.05) is 89.0 Å². The van der Waals surface area contributed by atoms with Crippen LogP contribution >= 0.6 is 23.2 Å². The van der Waals surface area contributed by atoms with Crippen molar-refractivity contribution in [3.05, 3.63) is 68.7 Å². The summed E-state index contributed by atoms with van der Waals surface area (Å²) >= 11 is 13.0. The smallest absolute Gasteiger partial charge is 0.312 e. The van der Waals surface area contributed by atoms with Gasteiger partial charge < -0.3 is 11.1 Å². The van der Waals surface area contributed by atoms with Gasteiger partial charge in [0, 0.05) is 38.0 Å². The largest absolute Gasteiger partial charge is 0.352 e. The van der Waals surface area contributed by atoms with E-state index in [1.54, 1.807) is 36.4 Å². The van der Waals surface area contributed by atoms with Gasteiger partial charge in [0.25, 0.3) is 0 Å². The van der Waals surface area contributed by atoms with Gasteiger partial charge in [0.2, 0.25) is 0 Å². The molecule has 0 heterocycles. The number of carbonyl (C=O) groups excluding carboxylic acids is 3. The number of ketones is 2. The van der Waals surface area contributed by atoms with Crippen LogP contribution in [-0.2, 0) is 12.8 Å². The number of hydrogen-bond donors (Lipinski definition) is 2. The highest BCUT2D eigenvalue weighted by Crippen LogP contribution is 2.28. The van der Waals surface area contributed by atoms with E-state index >= 15 is 0 Å². The summed E-state index contributed by atoms with van der Waals surface area (Å²) < 4.78 is 0. The maximum absolute atomic E-state index is 12.5. The molecule has 0 fully saturated rings. The van der Waals surface area contributed by atoms with Crippen molar-refractivity contribution in [2.24, 2.45) is 16.6 Å². The standard InChI is InChI=1S/C26H32Cl2N2O3/c1-25(2,3)22(31)17-9-7-15(20(27)13-17)11-19(30-24(29)33)12-16-8-10-18(14-21(16)28)23(32)26(4,5)6/h7-10,13-14,19H,11-12H2,1-6H3,(H3,29,30,33). The van der Waals surface area contributed by atoms with Crippen molar-refractivity contribution in [1.82, 2.24) is 5.32 Å². The summed E-state index contributed by atoms with van der Waals surface area (Å²) in [5.74, 6) is -0.00104. The van der Waals surface area contributed by atoms with Gasteiger partial charge in [0.15, 0.2) is 11.6 Å². The first-order valence-corrected chi connectivity index (χ1v) is 11.6. The fraction of sp³-hybridized carbons (Fsp3) is 0.423. The third-order valence-electron chi connectivity index (χ3n) is 5.27. The molecule has 0 atom stereocenters. The summed E-state index contributed by atoms with van der Waals surface area (Å²) in [4.78, 5) is 36.7. The zero-order valence-electron chi connectivity index (χ0n) is 20.0. The molecular weight excluding hydrogens is 459 g/mol. The van der Waals surface area contributed by atoms with Crippen LogP contribution in [0.3, 0.4) is 0 Å². The zero-order chi connectivity index (χ0) is 25.1. The van der Waals surface area contributed by atoms with Crippen molar-refractivity contribution in [2.75, 3.05) is 0 Å². The van der Waals surface area contributed by atoms with Gasteiger partial charge in [0.05, 0.1) is 0 Å². The van der Waals surface area contributed by atoms with Crippen molar-refractivity contribution in [1.29, 1.82) is 0 Å². The lowest BCUT2D eigenvalue weighted by Gasteiger charge is -2.21. The minimum absolute atomic E-state index is 0.000522. The number of nitrogens with one attached hydrogen (secondary N) is 1. The van der Waals surface area contributed by atoms with E-state index in [0.29, 0.717) is 34.0 Å². The van der Waals surface area contributed by atoms with E-state index in [0.717, 1.165) is 11.1 Å². The Hall–Kier alpha value is -2.37. The Bertz CT molecular complexity index is 989. The molecule has 2 rings (SSSR count). The van der Waals surface area contributed by atoms with E-state index in [1.807, 2.05) is 41.5 Å². The molecule has 2 aromatic rings. The number of halogens is 2. The second-order valence-electron chi connectivity index (χ2n) is 10.4. The Kier molecular flexibility index (Phi) is 8.36. The normalized spacial score (nSPS) is 12.0. The van der Waals surface area contributed by atoms with Crippen LogP contribution in [0.15, 0.2) is 36.4 Å². The topological polar surface area (TPSA) is 89.3 Å². The Morgan fingerprint density at radius 2 is 1.15 bits per heavy atom. The van der Waals surface area contributed by atoms with Crippen LogP contribution in [0, 0.1) is 10.8 Å². The number of amides is 2. The lowest BCUT2D eigenvalue weighted by molar-refractivity contribution is 0.0852. The van der Waals surface area contributed by atoms with E-state index in [-0.39, 0.29) is 17.6 Å². The fourth-order valence-corrected chi connectivity index (χ4v) is 4.00. The lowest BCUT2D eigenvalue weighted by Crippen LogP contribution is -2.41. The number of urea groups is 1. The molecule has 2 amide bonds. The van der Waals surface area contributed by atoms with Crippen LogP contribution in [0.4, 0.5) is 4.79 Å². The molecule has 2 aromatic carbocycles. The van der Waals surface area contributed by atoms with Crippen LogP contribution in [0.25, 0.3) is 0 Å². The van der Waals surface area contributed by atoms with Gasteiger partial charge in [0.1, 0.15) is 0 Å². The van der Waals surface area contributed by atoms with Crippen molar-refractivity contribution >= 4 is 40.8 Å². The highest BCUT2D eigenvalue weighted by Gasteiger charge is 2.25. The molecule has 0 spiro atoms. The van der Waals surface area contributed by atoms with E-state index in [1.165, 1.54) is 0 Å². The van der Waals surface area contributed by atoms with Crippen LogP contribution in [-0.4, -0.2) is 23.6 Å². The molecule has 33 heavy (non-hydrogen) atoms. The third-order valence-corrected chi connectivity index (χ3v) is 5.98. The Morgan fingerprint density at radius 3 is 1.42 bits per heavy atom. The van der Waals surface area contributed by atoms with E-state index < -0.39 is 16.9 Å². The van der Waals surface area contributed by atoms with Gasteiger partial charge >= 0.3 is 6.03 Å². The van der Waals surface area contributed by atoms with Gasteiger partial charge in [-0.3, -0.25) is 9.59 Å². The first-order valence-electron chi connectivity index (χ1n) is 10.8. The van der Waals surface area contributed by atoms with Crippen molar-refractivity contribution < 1.29 is 14.4 Å².